The van der Waals surface area contributed by atoms with Crippen LogP contribution in [0.5, 0.6) is 0 Å². The molecule has 0 aliphatic heterocycles. The summed E-state index contributed by atoms with van der Waals surface area (Å²) in [6.45, 7) is 7.67. The van der Waals surface area contributed by atoms with Crippen LogP contribution in [0.2, 0.25) is 0 Å². The van der Waals surface area contributed by atoms with Crippen LogP contribution < -0.4 is 5.32 Å². The third-order valence-electron chi connectivity index (χ3n) is 3.17. The van der Waals surface area contributed by atoms with Gasteiger partial charge in [0.25, 0.3) is 0 Å². The van der Waals surface area contributed by atoms with E-state index in [1.54, 1.807) is 0 Å². The Hall–Kier alpha value is -0.930. The fraction of sp³-hybridized carbons (Fsp3) is 0.643. The third-order valence-corrected chi connectivity index (χ3v) is 3.17. The van der Waals surface area contributed by atoms with Crippen molar-refractivity contribution < 1.29 is 0 Å². The Morgan fingerprint density at radius 2 is 2.24 bits per heavy atom. The standard InChI is InChI=1S/C14H25N3/c1-4-17(13(2)8-7-10-15-3)12-14-9-5-6-11-16-14/h5-6,9,11,13,15H,4,7-8,10,12H2,1-3H3. The van der Waals surface area contributed by atoms with E-state index in [-0.39, 0.29) is 0 Å². The van der Waals surface area contributed by atoms with Crippen LogP contribution in [0.15, 0.2) is 24.4 Å². The predicted octanol–water partition coefficient (Wildman–Crippen LogP) is 2.29. The molecule has 0 aliphatic carbocycles. The average molecular weight is 235 g/mol. The summed E-state index contributed by atoms with van der Waals surface area (Å²) >= 11 is 0. The van der Waals surface area contributed by atoms with Crippen LogP contribution in [0.4, 0.5) is 0 Å². The Labute approximate surface area is 105 Å². The van der Waals surface area contributed by atoms with Gasteiger partial charge >= 0.3 is 0 Å². The minimum absolute atomic E-state index is 0.621. The average Bonchev–Trinajstić information content (AvgIpc) is 2.37. The first-order valence-corrected chi connectivity index (χ1v) is 6.56. The second kappa shape index (κ2) is 8.20. The van der Waals surface area contributed by atoms with Gasteiger partial charge in [-0.25, -0.2) is 0 Å². The summed E-state index contributed by atoms with van der Waals surface area (Å²) in [5, 5.41) is 3.20. The highest BCUT2D eigenvalue weighted by molar-refractivity contribution is 5.03. The Bertz CT molecular complexity index is 287. The van der Waals surface area contributed by atoms with Crippen molar-refractivity contribution >= 4 is 0 Å². The molecule has 1 aromatic rings. The molecule has 1 atom stereocenters. The summed E-state index contributed by atoms with van der Waals surface area (Å²) in [6, 6.07) is 6.75. The van der Waals surface area contributed by atoms with Gasteiger partial charge in [0, 0.05) is 18.8 Å². The molecule has 96 valence electrons. The van der Waals surface area contributed by atoms with Crippen molar-refractivity contribution in [2.24, 2.45) is 0 Å². The summed E-state index contributed by atoms with van der Waals surface area (Å²) < 4.78 is 0. The van der Waals surface area contributed by atoms with Gasteiger partial charge in [0.1, 0.15) is 0 Å². The number of pyridine rings is 1. The van der Waals surface area contributed by atoms with E-state index in [9.17, 15) is 0 Å². The smallest absolute Gasteiger partial charge is 0.0544 e. The van der Waals surface area contributed by atoms with Gasteiger partial charge in [-0.05, 0) is 52.0 Å². The van der Waals surface area contributed by atoms with Gasteiger partial charge in [0.2, 0.25) is 0 Å². The molecule has 3 heteroatoms. The maximum Gasteiger partial charge on any atom is 0.0544 e. The molecule has 1 aromatic heterocycles. The molecule has 1 heterocycles. The highest BCUT2D eigenvalue weighted by Gasteiger charge is 2.12. The lowest BCUT2D eigenvalue weighted by Crippen LogP contribution is -2.33. The van der Waals surface area contributed by atoms with Crippen LogP contribution in [-0.4, -0.2) is 36.1 Å². The largest absolute Gasteiger partial charge is 0.320 e. The van der Waals surface area contributed by atoms with Crippen LogP contribution in [0.1, 0.15) is 32.4 Å². The second-order valence-electron chi connectivity index (χ2n) is 4.48. The van der Waals surface area contributed by atoms with Crippen molar-refractivity contribution in [2.75, 3.05) is 20.1 Å². The first kappa shape index (κ1) is 14.1. The Kier molecular flexibility index (Phi) is 6.82. The summed E-state index contributed by atoms with van der Waals surface area (Å²) in [6.07, 6.45) is 4.34. The fourth-order valence-corrected chi connectivity index (χ4v) is 2.04. The zero-order valence-electron chi connectivity index (χ0n) is 11.3. The van der Waals surface area contributed by atoms with Gasteiger partial charge in [0.15, 0.2) is 0 Å². The molecule has 0 amide bonds. The van der Waals surface area contributed by atoms with Crippen molar-refractivity contribution in [1.82, 2.24) is 15.2 Å². The van der Waals surface area contributed by atoms with Gasteiger partial charge in [-0.1, -0.05) is 13.0 Å². The predicted molar refractivity (Wildman–Crippen MR) is 72.9 cm³/mol. The number of nitrogens with one attached hydrogen (secondary N) is 1. The molecule has 0 fully saturated rings. The molecule has 0 bridgehead atoms. The first-order valence-electron chi connectivity index (χ1n) is 6.56. The summed E-state index contributed by atoms with van der Waals surface area (Å²) in [4.78, 5) is 6.88. The molecule has 1 unspecified atom stereocenters. The summed E-state index contributed by atoms with van der Waals surface area (Å²) in [7, 11) is 2.01. The lowest BCUT2D eigenvalue weighted by Gasteiger charge is -2.27. The molecule has 0 aliphatic rings. The highest BCUT2D eigenvalue weighted by Crippen LogP contribution is 2.10. The van der Waals surface area contributed by atoms with E-state index in [4.69, 9.17) is 0 Å². The first-order chi connectivity index (χ1) is 8.27. The zero-order chi connectivity index (χ0) is 12.5. The quantitative estimate of drug-likeness (QED) is 0.701. The van der Waals surface area contributed by atoms with Crippen LogP contribution in [0.3, 0.4) is 0 Å². The number of aromatic nitrogens is 1. The van der Waals surface area contributed by atoms with Gasteiger partial charge in [-0.15, -0.1) is 0 Å². The SMILES string of the molecule is CCN(Cc1ccccn1)C(C)CCCNC. The fourth-order valence-electron chi connectivity index (χ4n) is 2.04. The number of nitrogens with zero attached hydrogens (tertiary/aromatic N) is 2. The third kappa shape index (κ3) is 5.29. The molecule has 0 saturated carbocycles. The molecule has 0 saturated heterocycles. The minimum atomic E-state index is 0.621. The number of hydrogen-bond acceptors (Lipinski definition) is 3. The molecule has 1 rings (SSSR count). The molecule has 0 radical (unpaired) electrons. The van der Waals surface area contributed by atoms with Crippen molar-refractivity contribution in [3.63, 3.8) is 0 Å². The molecule has 0 aromatic carbocycles. The van der Waals surface area contributed by atoms with E-state index < -0.39 is 0 Å². The molecular weight excluding hydrogens is 210 g/mol. The molecule has 3 nitrogen and oxygen atoms in total. The molecule has 1 N–H and O–H groups in total. The topological polar surface area (TPSA) is 28.2 Å². The number of rotatable bonds is 8. The lowest BCUT2D eigenvalue weighted by molar-refractivity contribution is 0.196. The highest BCUT2D eigenvalue weighted by atomic mass is 15.1. The van der Waals surface area contributed by atoms with E-state index in [1.165, 1.54) is 12.8 Å². The van der Waals surface area contributed by atoms with Gasteiger partial charge in [0.05, 0.1) is 5.69 Å². The van der Waals surface area contributed by atoms with Crippen LogP contribution in [0, 0.1) is 0 Å². The monoisotopic (exact) mass is 235 g/mol. The Morgan fingerprint density at radius 1 is 1.41 bits per heavy atom. The Morgan fingerprint density at radius 3 is 2.82 bits per heavy atom. The molecular formula is C14H25N3. The lowest BCUT2D eigenvalue weighted by atomic mass is 10.1. The van der Waals surface area contributed by atoms with Gasteiger partial charge in [-0.2, -0.15) is 0 Å². The second-order valence-corrected chi connectivity index (χ2v) is 4.48. The molecule has 17 heavy (non-hydrogen) atoms. The Balaban J connectivity index is 2.42. The van der Waals surface area contributed by atoms with Gasteiger partial charge < -0.3 is 5.32 Å². The van der Waals surface area contributed by atoms with Crippen LogP contribution >= 0.6 is 0 Å². The van der Waals surface area contributed by atoms with E-state index >= 15 is 0 Å². The van der Waals surface area contributed by atoms with Crippen molar-refractivity contribution in [3.8, 4) is 0 Å². The van der Waals surface area contributed by atoms with Crippen molar-refractivity contribution in [3.05, 3.63) is 30.1 Å². The van der Waals surface area contributed by atoms with Crippen LogP contribution in [0.25, 0.3) is 0 Å². The molecule has 0 spiro atoms. The van der Waals surface area contributed by atoms with E-state index in [0.717, 1.165) is 25.3 Å². The summed E-state index contributed by atoms with van der Waals surface area (Å²) in [5.74, 6) is 0. The van der Waals surface area contributed by atoms with Crippen molar-refractivity contribution in [1.29, 1.82) is 0 Å². The van der Waals surface area contributed by atoms with E-state index in [1.807, 2.05) is 19.3 Å². The van der Waals surface area contributed by atoms with E-state index in [2.05, 4.69) is 41.2 Å². The minimum Gasteiger partial charge on any atom is -0.320 e. The van der Waals surface area contributed by atoms with Crippen molar-refractivity contribution in [2.45, 2.75) is 39.3 Å². The maximum absolute atomic E-state index is 4.39. The maximum atomic E-state index is 4.39. The zero-order valence-corrected chi connectivity index (χ0v) is 11.3. The number of hydrogen-bond donors (Lipinski definition) is 1. The van der Waals surface area contributed by atoms with E-state index in [0.29, 0.717) is 6.04 Å². The van der Waals surface area contributed by atoms with Gasteiger partial charge in [-0.3, -0.25) is 9.88 Å². The van der Waals surface area contributed by atoms with Crippen LogP contribution in [-0.2, 0) is 6.54 Å². The normalized spacial score (nSPS) is 12.9. The summed E-state index contributed by atoms with van der Waals surface area (Å²) in [5.41, 5.74) is 1.16.